The van der Waals surface area contributed by atoms with Crippen LogP contribution in [0.4, 0.5) is 0 Å². The van der Waals surface area contributed by atoms with Crippen LogP contribution < -0.4 is 10.5 Å². The van der Waals surface area contributed by atoms with Gasteiger partial charge in [0.25, 0.3) is 0 Å². The van der Waals surface area contributed by atoms with Crippen molar-refractivity contribution in [1.29, 1.82) is 0 Å². The Hall–Kier alpha value is -1.07. The average molecular weight is 280 g/mol. The summed E-state index contributed by atoms with van der Waals surface area (Å²) in [6, 6.07) is 0.0370. The van der Waals surface area contributed by atoms with Gasteiger partial charge in [-0.3, -0.25) is 4.68 Å². The summed E-state index contributed by atoms with van der Waals surface area (Å²) in [5.41, 5.74) is 7.61. The smallest absolute Gasteiger partial charge is 0.161 e. The van der Waals surface area contributed by atoms with Gasteiger partial charge in [-0.25, -0.2) is 0 Å². The Morgan fingerprint density at radius 1 is 1.40 bits per heavy atom. The number of likely N-dealkylation sites (N-methyl/N-ethyl adjacent to an activating group) is 1. The lowest BCUT2D eigenvalue weighted by molar-refractivity contribution is 0.285. The molecule has 0 spiro atoms. The first kappa shape index (κ1) is 15.3. The molecule has 1 unspecified atom stereocenters. The highest BCUT2D eigenvalue weighted by molar-refractivity contribution is 5.28. The normalized spacial score (nSPS) is 18.4. The Morgan fingerprint density at radius 3 is 2.70 bits per heavy atom. The molecule has 2 N–H and O–H groups in total. The van der Waals surface area contributed by atoms with Crippen LogP contribution in [-0.2, 0) is 6.54 Å². The molecule has 20 heavy (non-hydrogen) atoms. The molecule has 1 heterocycles. The molecule has 0 amide bonds. The number of hydrogen-bond acceptors (Lipinski definition) is 4. The van der Waals surface area contributed by atoms with E-state index in [0.29, 0.717) is 5.92 Å². The molecule has 0 aromatic carbocycles. The summed E-state index contributed by atoms with van der Waals surface area (Å²) in [6.45, 7) is 1.81. The number of nitrogens with zero attached hydrogens (tertiary/aromatic N) is 3. The summed E-state index contributed by atoms with van der Waals surface area (Å²) in [4.78, 5) is 2.16. The van der Waals surface area contributed by atoms with Gasteiger partial charge in [-0.1, -0.05) is 19.3 Å². The molecule has 5 nitrogen and oxygen atoms in total. The van der Waals surface area contributed by atoms with Crippen LogP contribution in [0.5, 0.6) is 5.75 Å². The van der Waals surface area contributed by atoms with Gasteiger partial charge >= 0.3 is 0 Å². The van der Waals surface area contributed by atoms with E-state index in [9.17, 15) is 0 Å². The molecule has 1 saturated carbocycles. The van der Waals surface area contributed by atoms with Gasteiger partial charge in [-0.2, -0.15) is 5.10 Å². The van der Waals surface area contributed by atoms with Crippen molar-refractivity contribution < 1.29 is 4.74 Å². The molecule has 1 aliphatic rings. The Labute approximate surface area is 122 Å². The number of aromatic nitrogens is 2. The van der Waals surface area contributed by atoms with Crippen molar-refractivity contribution in [3.8, 4) is 5.75 Å². The van der Waals surface area contributed by atoms with Crippen LogP contribution >= 0.6 is 0 Å². The SMILES string of the molecule is COc1cnn(CCN(C)C)c1C(N)C1CCCCC1. The van der Waals surface area contributed by atoms with E-state index in [-0.39, 0.29) is 6.04 Å². The monoisotopic (exact) mass is 280 g/mol. The molecule has 1 aliphatic carbocycles. The van der Waals surface area contributed by atoms with Gasteiger partial charge in [0.15, 0.2) is 5.75 Å². The molecule has 114 valence electrons. The Kier molecular flexibility index (Phi) is 5.43. The van der Waals surface area contributed by atoms with Crippen molar-refractivity contribution in [2.24, 2.45) is 11.7 Å². The Bertz CT molecular complexity index is 410. The van der Waals surface area contributed by atoms with Crippen molar-refractivity contribution in [3.63, 3.8) is 0 Å². The van der Waals surface area contributed by atoms with Gasteiger partial charge in [0.1, 0.15) is 0 Å². The molecule has 1 atom stereocenters. The highest BCUT2D eigenvalue weighted by Crippen LogP contribution is 2.36. The standard InChI is InChI=1S/C15H28N4O/c1-18(2)9-10-19-15(13(20-3)11-17-19)14(16)12-7-5-4-6-8-12/h11-12,14H,4-10,16H2,1-3H3. The van der Waals surface area contributed by atoms with Crippen LogP contribution in [0.25, 0.3) is 0 Å². The summed E-state index contributed by atoms with van der Waals surface area (Å²) in [5, 5.41) is 4.46. The first-order valence-corrected chi connectivity index (χ1v) is 7.63. The van der Waals surface area contributed by atoms with Crippen molar-refractivity contribution in [2.75, 3.05) is 27.7 Å². The van der Waals surface area contributed by atoms with Crippen molar-refractivity contribution in [3.05, 3.63) is 11.9 Å². The average Bonchev–Trinajstić information content (AvgIpc) is 2.88. The molecule has 2 rings (SSSR count). The van der Waals surface area contributed by atoms with Crippen LogP contribution in [0.1, 0.15) is 43.8 Å². The minimum atomic E-state index is 0.0370. The van der Waals surface area contributed by atoms with E-state index in [0.717, 1.165) is 24.5 Å². The fraction of sp³-hybridized carbons (Fsp3) is 0.800. The lowest BCUT2D eigenvalue weighted by atomic mass is 9.83. The molecule has 1 fully saturated rings. The van der Waals surface area contributed by atoms with Gasteiger partial charge in [0, 0.05) is 6.54 Å². The largest absolute Gasteiger partial charge is 0.493 e. The van der Waals surface area contributed by atoms with E-state index in [1.165, 1.54) is 32.1 Å². The predicted molar refractivity (Wildman–Crippen MR) is 80.8 cm³/mol. The third kappa shape index (κ3) is 3.52. The zero-order chi connectivity index (χ0) is 14.5. The van der Waals surface area contributed by atoms with Gasteiger partial charge < -0.3 is 15.4 Å². The molecule has 0 aliphatic heterocycles. The Morgan fingerprint density at radius 2 is 2.10 bits per heavy atom. The molecule has 0 radical (unpaired) electrons. The first-order chi connectivity index (χ1) is 9.63. The van der Waals surface area contributed by atoms with Gasteiger partial charge in [-0.05, 0) is 32.9 Å². The zero-order valence-electron chi connectivity index (χ0n) is 13.0. The minimum absolute atomic E-state index is 0.0370. The molecule has 1 aromatic rings. The van der Waals surface area contributed by atoms with E-state index in [1.54, 1.807) is 13.3 Å². The summed E-state index contributed by atoms with van der Waals surface area (Å²) >= 11 is 0. The highest BCUT2D eigenvalue weighted by Gasteiger charge is 2.27. The van der Waals surface area contributed by atoms with Crippen molar-refractivity contribution in [1.82, 2.24) is 14.7 Å². The van der Waals surface area contributed by atoms with Crippen LogP contribution in [0, 0.1) is 5.92 Å². The van der Waals surface area contributed by atoms with E-state index in [2.05, 4.69) is 24.1 Å². The van der Waals surface area contributed by atoms with E-state index >= 15 is 0 Å². The van der Waals surface area contributed by atoms with Crippen molar-refractivity contribution >= 4 is 0 Å². The number of methoxy groups -OCH3 is 1. The maximum atomic E-state index is 6.54. The summed E-state index contributed by atoms with van der Waals surface area (Å²) in [5.74, 6) is 1.40. The predicted octanol–water partition coefficient (Wildman–Crippen LogP) is 2.03. The first-order valence-electron chi connectivity index (χ1n) is 7.63. The lowest BCUT2D eigenvalue weighted by Crippen LogP contribution is -2.28. The lowest BCUT2D eigenvalue weighted by Gasteiger charge is -2.28. The van der Waals surface area contributed by atoms with Crippen LogP contribution in [0.2, 0.25) is 0 Å². The maximum Gasteiger partial charge on any atom is 0.161 e. The minimum Gasteiger partial charge on any atom is -0.493 e. The third-order valence-corrected chi connectivity index (χ3v) is 4.30. The number of nitrogens with two attached hydrogens (primary N) is 1. The summed E-state index contributed by atoms with van der Waals surface area (Å²) in [7, 11) is 5.84. The van der Waals surface area contributed by atoms with Gasteiger partial charge in [0.2, 0.25) is 0 Å². The molecule has 0 bridgehead atoms. The third-order valence-electron chi connectivity index (χ3n) is 4.30. The van der Waals surface area contributed by atoms with Gasteiger partial charge in [0.05, 0.1) is 31.6 Å². The van der Waals surface area contributed by atoms with Crippen LogP contribution in [0.3, 0.4) is 0 Å². The zero-order valence-corrected chi connectivity index (χ0v) is 13.0. The van der Waals surface area contributed by atoms with E-state index in [4.69, 9.17) is 10.5 Å². The fourth-order valence-corrected chi connectivity index (χ4v) is 3.06. The molecule has 5 heteroatoms. The van der Waals surface area contributed by atoms with E-state index in [1.807, 2.05) is 4.68 Å². The Balaban J connectivity index is 2.16. The number of hydrogen-bond donors (Lipinski definition) is 1. The van der Waals surface area contributed by atoms with Crippen molar-refractivity contribution in [2.45, 2.75) is 44.7 Å². The van der Waals surface area contributed by atoms with Crippen LogP contribution in [-0.4, -0.2) is 42.4 Å². The molecule has 0 saturated heterocycles. The highest BCUT2D eigenvalue weighted by atomic mass is 16.5. The quantitative estimate of drug-likeness (QED) is 0.866. The fourth-order valence-electron chi connectivity index (χ4n) is 3.06. The molecular formula is C15H28N4O. The topological polar surface area (TPSA) is 56.3 Å². The van der Waals surface area contributed by atoms with Crippen LogP contribution in [0.15, 0.2) is 6.20 Å². The molecular weight excluding hydrogens is 252 g/mol. The van der Waals surface area contributed by atoms with Gasteiger partial charge in [-0.15, -0.1) is 0 Å². The second kappa shape index (κ2) is 7.09. The second-order valence-corrected chi connectivity index (χ2v) is 6.05. The molecule has 1 aromatic heterocycles. The maximum absolute atomic E-state index is 6.54. The number of ether oxygens (including phenoxy) is 1. The second-order valence-electron chi connectivity index (χ2n) is 6.05. The number of rotatable bonds is 6. The summed E-state index contributed by atoms with van der Waals surface area (Å²) in [6.07, 6.45) is 8.19. The summed E-state index contributed by atoms with van der Waals surface area (Å²) < 4.78 is 7.49. The van der Waals surface area contributed by atoms with E-state index < -0.39 is 0 Å².